The molecule has 20 heavy (non-hydrogen) atoms. The van der Waals surface area contributed by atoms with Gasteiger partial charge in [0.1, 0.15) is 0 Å². The van der Waals surface area contributed by atoms with Crippen molar-refractivity contribution in [3.05, 3.63) is 60.2 Å². The zero-order chi connectivity index (χ0) is 14.4. The highest BCUT2D eigenvalue weighted by Crippen LogP contribution is 2.12. The van der Waals surface area contributed by atoms with Crippen LogP contribution in [0, 0.1) is 0 Å². The maximum absolute atomic E-state index is 11.6. The molecule has 102 valence electrons. The second kappa shape index (κ2) is 6.68. The molecule has 5 heteroatoms. The molecule has 0 unspecified atom stereocenters. The summed E-state index contributed by atoms with van der Waals surface area (Å²) in [6.45, 7) is 0. The molecule has 1 amide bonds. The van der Waals surface area contributed by atoms with Crippen molar-refractivity contribution >= 4 is 34.6 Å². The third kappa shape index (κ3) is 3.80. The number of anilines is 2. The fourth-order valence-corrected chi connectivity index (χ4v) is 1.93. The first-order valence-corrected chi connectivity index (χ1v) is 6.55. The number of hydrogen-bond acceptors (Lipinski definition) is 2. The number of para-hydroxylation sites is 1. The molecular weight excluding hydrogens is 270 g/mol. The zero-order valence-electron chi connectivity index (χ0n) is 11.0. The van der Waals surface area contributed by atoms with Gasteiger partial charge in [0.25, 0.3) is 5.91 Å². The van der Waals surface area contributed by atoms with Gasteiger partial charge in [0.15, 0.2) is 5.11 Å². The van der Waals surface area contributed by atoms with E-state index in [2.05, 4.69) is 16.0 Å². The fourth-order valence-electron chi connectivity index (χ4n) is 1.70. The van der Waals surface area contributed by atoms with Gasteiger partial charge in [0.05, 0.1) is 0 Å². The van der Waals surface area contributed by atoms with Crippen LogP contribution >= 0.6 is 12.2 Å². The molecule has 0 fully saturated rings. The van der Waals surface area contributed by atoms with Crippen LogP contribution in [0.5, 0.6) is 0 Å². The Morgan fingerprint density at radius 2 is 1.60 bits per heavy atom. The van der Waals surface area contributed by atoms with Gasteiger partial charge in [-0.1, -0.05) is 24.3 Å². The van der Waals surface area contributed by atoms with Crippen molar-refractivity contribution in [3.8, 4) is 0 Å². The van der Waals surface area contributed by atoms with Crippen LogP contribution in [0.25, 0.3) is 0 Å². The highest BCUT2D eigenvalue weighted by molar-refractivity contribution is 7.80. The summed E-state index contributed by atoms with van der Waals surface area (Å²) in [5.74, 6) is -0.129. The average Bonchev–Trinajstić information content (AvgIpc) is 2.47. The van der Waals surface area contributed by atoms with E-state index in [1.807, 2.05) is 36.4 Å². The molecular formula is C15H15N3OS. The standard InChI is InChI=1S/C15H15N3OS/c1-16-14(19)11-6-5-9-13(10-11)18-15(20)17-12-7-3-2-4-8-12/h2-10H,1H3,(H,16,19)(H2,17,18,20). The van der Waals surface area contributed by atoms with E-state index >= 15 is 0 Å². The number of amides is 1. The van der Waals surface area contributed by atoms with Gasteiger partial charge in [-0.15, -0.1) is 0 Å². The maximum Gasteiger partial charge on any atom is 0.251 e. The van der Waals surface area contributed by atoms with E-state index in [4.69, 9.17) is 12.2 Å². The quantitative estimate of drug-likeness (QED) is 0.759. The predicted molar refractivity (Wildman–Crippen MR) is 86.1 cm³/mol. The summed E-state index contributed by atoms with van der Waals surface area (Å²) in [5.41, 5.74) is 2.26. The number of carbonyl (C=O) groups is 1. The first-order valence-electron chi connectivity index (χ1n) is 6.14. The molecule has 0 bridgehead atoms. The summed E-state index contributed by atoms with van der Waals surface area (Å²) < 4.78 is 0. The summed E-state index contributed by atoms with van der Waals surface area (Å²) in [6.07, 6.45) is 0. The lowest BCUT2D eigenvalue weighted by molar-refractivity contribution is 0.0963. The van der Waals surface area contributed by atoms with Crippen LogP contribution in [0.4, 0.5) is 11.4 Å². The van der Waals surface area contributed by atoms with Crippen LogP contribution in [0.1, 0.15) is 10.4 Å². The molecule has 0 aliphatic rings. The smallest absolute Gasteiger partial charge is 0.251 e. The lowest BCUT2D eigenvalue weighted by Crippen LogP contribution is -2.20. The Morgan fingerprint density at radius 1 is 0.950 bits per heavy atom. The van der Waals surface area contributed by atoms with Crippen LogP contribution < -0.4 is 16.0 Å². The van der Waals surface area contributed by atoms with Gasteiger partial charge in [-0.2, -0.15) is 0 Å². The highest BCUT2D eigenvalue weighted by atomic mass is 32.1. The van der Waals surface area contributed by atoms with Gasteiger partial charge in [0.2, 0.25) is 0 Å². The molecule has 0 spiro atoms. The molecule has 2 aromatic carbocycles. The first kappa shape index (κ1) is 14.0. The van der Waals surface area contributed by atoms with Crippen LogP contribution in [0.3, 0.4) is 0 Å². The normalized spacial score (nSPS) is 9.65. The topological polar surface area (TPSA) is 53.2 Å². The van der Waals surface area contributed by atoms with Crippen molar-refractivity contribution in [1.82, 2.24) is 5.32 Å². The largest absolute Gasteiger partial charge is 0.355 e. The summed E-state index contributed by atoms with van der Waals surface area (Å²) in [5, 5.41) is 9.19. The second-order valence-corrected chi connectivity index (χ2v) is 4.51. The molecule has 2 aromatic rings. The molecule has 0 heterocycles. The number of rotatable bonds is 3. The first-order chi connectivity index (χ1) is 9.69. The number of thiocarbonyl (C=S) groups is 1. The molecule has 0 radical (unpaired) electrons. The summed E-state index contributed by atoms with van der Waals surface area (Å²) in [6, 6.07) is 16.8. The molecule has 0 aromatic heterocycles. The molecule has 0 aliphatic heterocycles. The third-order valence-corrected chi connectivity index (χ3v) is 2.85. The van der Waals surface area contributed by atoms with Gasteiger partial charge in [0, 0.05) is 24.0 Å². The second-order valence-electron chi connectivity index (χ2n) is 4.11. The number of benzene rings is 2. The summed E-state index contributed by atoms with van der Waals surface area (Å²) >= 11 is 5.23. The van der Waals surface area contributed by atoms with Crippen molar-refractivity contribution in [3.63, 3.8) is 0 Å². The minimum absolute atomic E-state index is 0.129. The van der Waals surface area contributed by atoms with Gasteiger partial charge >= 0.3 is 0 Å². The van der Waals surface area contributed by atoms with Crippen LogP contribution in [-0.4, -0.2) is 18.1 Å². The number of hydrogen-bond donors (Lipinski definition) is 3. The Hall–Kier alpha value is -2.40. The van der Waals surface area contributed by atoms with E-state index in [0.29, 0.717) is 10.7 Å². The fraction of sp³-hybridized carbons (Fsp3) is 0.0667. The Kier molecular flexibility index (Phi) is 4.68. The van der Waals surface area contributed by atoms with E-state index in [0.717, 1.165) is 11.4 Å². The Labute approximate surface area is 123 Å². The average molecular weight is 285 g/mol. The third-order valence-electron chi connectivity index (χ3n) is 2.64. The van der Waals surface area contributed by atoms with E-state index in [9.17, 15) is 4.79 Å². The SMILES string of the molecule is CNC(=O)c1cccc(NC(=S)Nc2ccccc2)c1. The summed E-state index contributed by atoms with van der Waals surface area (Å²) in [4.78, 5) is 11.6. The van der Waals surface area contributed by atoms with Crippen molar-refractivity contribution in [2.75, 3.05) is 17.7 Å². The van der Waals surface area contributed by atoms with Crippen LogP contribution in [-0.2, 0) is 0 Å². The molecule has 0 atom stereocenters. The molecule has 4 nitrogen and oxygen atoms in total. The highest BCUT2D eigenvalue weighted by Gasteiger charge is 2.04. The minimum atomic E-state index is -0.129. The molecule has 0 aliphatic carbocycles. The van der Waals surface area contributed by atoms with Crippen molar-refractivity contribution in [2.24, 2.45) is 0 Å². The monoisotopic (exact) mass is 285 g/mol. The zero-order valence-corrected chi connectivity index (χ0v) is 11.8. The lowest BCUT2D eigenvalue weighted by Gasteiger charge is -2.11. The van der Waals surface area contributed by atoms with E-state index in [-0.39, 0.29) is 5.91 Å². The Balaban J connectivity index is 2.03. The van der Waals surface area contributed by atoms with E-state index < -0.39 is 0 Å². The minimum Gasteiger partial charge on any atom is -0.355 e. The van der Waals surface area contributed by atoms with E-state index in [1.165, 1.54) is 0 Å². The Morgan fingerprint density at radius 3 is 2.30 bits per heavy atom. The molecule has 2 rings (SSSR count). The summed E-state index contributed by atoms with van der Waals surface area (Å²) in [7, 11) is 1.60. The van der Waals surface area contributed by atoms with Gasteiger partial charge in [-0.25, -0.2) is 0 Å². The predicted octanol–water partition coefficient (Wildman–Crippen LogP) is 2.86. The van der Waals surface area contributed by atoms with Gasteiger partial charge in [-0.3, -0.25) is 4.79 Å². The van der Waals surface area contributed by atoms with Gasteiger partial charge in [-0.05, 0) is 42.5 Å². The number of carbonyl (C=O) groups excluding carboxylic acids is 1. The molecule has 3 N–H and O–H groups in total. The van der Waals surface area contributed by atoms with Gasteiger partial charge < -0.3 is 16.0 Å². The Bertz CT molecular complexity index is 614. The molecule has 0 saturated heterocycles. The van der Waals surface area contributed by atoms with Crippen molar-refractivity contribution in [1.29, 1.82) is 0 Å². The van der Waals surface area contributed by atoms with Crippen LogP contribution in [0.15, 0.2) is 54.6 Å². The molecule has 0 saturated carbocycles. The van der Waals surface area contributed by atoms with E-state index in [1.54, 1.807) is 25.2 Å². The van der Waals surface area contributed by atoms with Crippen molar-refractivity contribution < 1.29 is 4.79 Å². The van der Waals surface area contributed by atoms with Crippen LogP contribution in [0.2, 0.25) is 0 Å². The lowest BCUT2D eigenvalue weighted by atomic mass is 10.2. The maximum atomic E-state index is 11.6. The van der Waals surface area contributed by atoms with Crippen molar-refractivity contribution in [2.45, 2.75) is 0 Å². The number of nitrogens with one attached hydrogen (secondary N) is 3.